The largest absolute Gasteiger partial charge is 0.294 e. The topological polar surface area (TPSA) is 62.6 Å². The van der Waals surface area contributed by atoms with Gasteiger partial charge in [0.05, 0.1) is 21.2 Å². The van der Waals surface area contributed by atoms with Gasteiger partial charge in [-0.2, -0.15) is 4.99 Å². The van der Waals surface area contributed by atoms with E-state index in [1.165, 1.54) is 30.0 Å². The quantitative estimate of drug-likeness (QED) is 0.353. The van der Waals surface area contributed by atoms with Crippen LogP contribution in [0.1, 0.15) is 27.9 Å². The molecule has 2 aromatic carbocycles. The van der Waals surface area contributed by atoms with Crippen LogP contribution < -0.4 is 4.90 Å². The van der Waals surface area contributed by atoms with Gasteiger partial charge in [0.2, 0.25) is 5.13 Å². The number of thioether (sulfide) groups is 1. The smallest absolute Gasteiger partial charge is 0.271 e. The van der Waals surface area contributed by atoms with Gasteiger partial charge in [0, 0.05) is 11.9 Å². The first-order valence-electron chi connectivity index (χ1n) is 9.04. The fourth-order valence-electron chi connectivity index (χ4n) is 2.90. The number of ketones is 1. The molecule has 0 bridgehead atoms. The summed E-state index contributed by atoms with van der Waals surface area (Å²) in [6.45, 7) is 3.29. The number of hydrogen-bond acceptors (Lipinski definition) is 6. The van der Waals surface area contributed by atoms with Gasteiger partial charge < -0.3 is 0 Å². The van der Waals surface area contributed by atoms with Crippen LogP contribution in [-0.4, -0.2) is 21.8 Å². The van der Waals surface area contributed by atoms with Crippen LogP contribution in [0.5, 0.6) is 0 Å². The summed E-state index contributed by atoms with van der Waals surface area (Å²) in [4.78, 5) is 36.7. The number of anilines is 1. The highest BCUT2D eigenvalue weighted by Crippen LogP contribution is 2.38. The molecule has 4 rings (SSSR count). The average molecular weight is 454 g/mol. The number of amides is 1. The summed E-state index contributed by atoms with van der Waals surface area (Å²) < 4.78 is 0. The maximum atomic E-state index is 13.2. The Kier molecular flexibility index (Phi) is 5.85. The second-order valence-electron chi connectivity index (χ2n) is 6.50. The van der Waals surface area contributed by atoms with Crippen LogP contribution >= 0.6 is 34.7 Å². The van der Waals surface area contributed by atoms with Crippen molar-refractivity contribution in [2.45, 2.75) is 13.8 Å². The normalized spacial score (nSPS) is 16.6. The molecule has 150 valence electrons. The fourth-order valence-corrected chi connectivity index (χ4v) is 4.90. The molecule has 0 atom stereocenters. The fraction of sp³-hybridized carbons (Fsp3) is 0.0909. The number of carbonyl (C=O) groups is 2. The summed E-state index contributed by atoms with van der Waals surface area (Å²) >= 11 is 8.46. The summed E-state index contributed by atoms with van der Waals surface area (Å²) in [7, 11) is 0. The number of thiazole rings is 1. The van der Waals surface area contributed by atoms with Crippen molar-refractivity contribution in [1.29, 1.82) is 0 Å². The first-order valence-corrected chi connectivity index (χ1v) is 11.0. The molecule has 0 spiro atoms. The number of para-hydroxylation sites is 1. The van der Waals surface area contributed by atoms with E-state index in [1.54, 1.807) is 24.0 Å². The molecule has 1 aliphatic heterocycles. The van der Waals surface area contributed by atoms with Gasteiger partial charge >= 0.3 is 0 Å². The number of benzene rings is 2. The Morgan fingerprint density at radius 1 is 1.13 bits per heavy atom. The second kappa shape index (κ2) is 8.55. The van der Waals surface area contributed by atoms with E-state index in [0.29, 0.717) is 36.5 Å². The Hall–Kier alpha value is -2.74. The number of carbonyl (C=O) groups excluding carboxylic acids is 2. The maximum absolute atomic E-state index is 13.2. The molecule has 3 aromatic rings. The SMILES string of the molecule is CC(=O)c1sc(/N=C2\S/C(=C\c3ccc(Cl)cc3)C(=O)N2c2ccccc2)nc1C. The van der Waals surface area contributed by atoms with E-state index < -0.39 is 0 Å². The van der Waals surface area contributed by atoms with Crippen LogP contribution in [0.4, 0.5) is 10.8 Å². The van der Waals surface area contributed by atoms with Gasteiger partial charge in [-0.25, -0.2) is 4.98 Å². The van der Waals surface area contributed by atoms with Crippen molar-refractivity contribution in [3.05, 3.63) is 80.7 Å². The van der Waals surface area contributed by atoms with Crippen molar-refractivity contribution in [3.63, 3.8) is 0 Å². The van der Waals surface area contributed by atoms with E-state index in [4.69, 9.17) is 11.6 Å². The Labute approximate surface area is 187 Å². The number of rotatable bonds is 4. The molecule has 1 aliphatic rings. The molecular formula is C22H16ClN3O2S2. The highest BCUT2D eigenvalue weighted by Gasteiger charge is 2.35. The highest BCUT2D eigenvalue weighted by atomic mass is 35.5. The van der Waals surface area contributed by atoms with Crippen LogP contribution in [0, 0.1) is 6.92 Å². The summed E-state index contributed by atoms with van der Waals surface area (Å²) in [6, 6.07) is 16.6. The lowest BCUT2D eigenvalue weighted by molar-refractivity contribution is -0.113. The second-order valence-corrected chi connectivity index (χ2v) is 8.92. The molecule has 0 N–H and O–H groups in total. The number of aromatic nitrogens is 1. The number of nitrogens with zero attached hydrogens (tertiary/aromatic N) is 3. The van der Waals surface area contributed by atoms with Gasteiger partial charge in [0.15, 0.2) is 11.0 Å². The lowest BCUT2D eigenvalue weighted by Gasteiger charge is -2.14. The molecule has 0 unspecified atom stereocenters. The summed E-state index contributed by atoms with van der Waals surface area (Å²) in [6.07, 6.45) is 1.82. The van der Waals surface area contributed by atoms with E-state index in [-0.39, 0.29) is 11.7 Å². The number of hydrogen-bond donors (Lipinski definition) is 0. The first-order chi connectivity index (χ1) is 14.4. The Balaban J connectivity index is 1.77. The summed E-state index contributed by atoms with van der Waals surface area (Å²) in [5.41, 5.74) is 2.23. The predicted octanol–water partition coefficient (Wildman–Crippen LogP) is 6.12. The number of Topliss-reactive ketones (excluding diaryl/α,β-unsaturated/α-hetero) is 1. The van der Waals surface area contributed by atoms with Crippen LogP contribution in [0.3, 0.4) is 0 Å². The van der Waals surface area contributed by atoms with Crippen LogP contribution in [0.2, 0.25) is 5.02 Å². The number of aryl methyl sites for hydroxylation is 1. The van der Waals surface area contributed by atoms with E-state index in [9.17, 15) is 9.59 Å². The molecule has 0 aliphatic carbocycles. The summed E-state index contributed by atoms with van der Waals surface area (Å²) in [5.74, 6) is -0.213. The zero-order valence-corrected chi connectivity index (χ0v) is 18.5. The van der Waals surface area contributed by atoms with Crippen LogP contribution in [0.15, 0.2) is 64.5 Å². The van der Waals surface area contributed by atoms with Crippen LogP contribution in [0.25, 0.3) is 6.08 Å². The van der Waals surface area contributed by atoms with Gasteiger partial charge in [-0.1, -0.05) is 53.3 Å². The number of amidine groups is 1. The molecule has 2 heterocycles. The third-order valence-corrected chi connectivity index (χ3v) is 6.66. The monoisotopic (exact) mass is 453 g/mol. The van der Waals surface area contributed by atoms with Gasteiger partial charge in [-0.05, 0) is 54.6 Å². The standard InChI is InChI=1S/C22H16ClN3O2S2/c1-13-19(14(2)27)30-21(24-13)25-22-26(17-6-4-3-5-7-17)20(28)18(29-22)12-15-8-10-16(23)11-9-15/h3-12H,1-2H3/b18-12-,25-22-. The van der Waals surface area contributed by atoms with E-state index in [1.807, 2.05) is 48.5 Å². The molecule has 1 aromatic heterocycles. The Morgan fingerprint density at radius 2 is 1.83 bits per heavy atom. The third-order valence-electron chi connectivity index (χ3n) is 4.28. The molecule has 1 saturated heterocycles. The van der Waals surface area contributed by atoms with Crippen molar-refractivity contribution in [2.24, 2.45) is 4.99 Å². The van der Waals surface area contributed by atoms with E-state index in [0.717, 1.165) is 5.56 Å². The zero-order chi connectivity index (χ0) is 21.3. The molecular weight excluding hydrogens is 438 g/mol. The molecule has 1 amide bonds. The molecule has 5 nitrogen and oxygen atoms in total. The highest BCUT2D eigenvalue weighted by molar-refractivity contribution is 8.19. The van der Waals surface area contributed by atoms with E-state index >= 15 is 0 Å². The van der Waals surface area contributed by atoms with Crippen molar-refractivity contribution >= 4 is 68.5 Å². The van der Waals surface area contributed by atoms with E-state index in [2.05, 4.69) is 9.98 Å². The van der Waals surface area contributed by atoms with Crippen molar-refractivity contribution in [1.82, 2.24) is 4.98 Å². The molecule has 1 fully saturated rings. The Bertz CT molecular complexity index is 1180. The Morgan fingerprint density at radius 3 is 2.47 bits per heavy atom. The lowest BCUT2D eigenvalue weighted by Crippen LogP contribution is -2.28. The van der Waals surface area contributed by atoms with Crippen molar-refractivity contribution < 1.29 is 9.59 Å². The minimum absolute atomic E-state index is 0.0464. The molecule has 0 saturated carbocycles. The molecule has 0 radical (unpaired) electrons. The van der Waals surface area contributed by atoms with Gasteiger partial charge in [-0.15, -0.1) is 0 Å². The van der Waals surface area contributed by atoms with Crippen LogP contribution in [-0.2, 0) is 4.79 Å². The zero-order valence-electron chi connectivity index (χ0n) is 16.1. The predicted molar refractivity (Wildman–Crippen MR) is 125 cm³/mol. The third kappa shape index (κ3) is 4.23. The molecule has 8 heteroatoms. The minimum Gasteiger partial charge on any atom is -0.294 e. The maximum Gasteiger partial charge on any atom is 0.271 e. The number of aliphatic imine (C=N–C) groups is 1. The summed E-state index contributed by atoms with van der Waals surface area (Å²) in [5, 5.41) is 1.58. The minimum atomic E-state index is -0.167. The molecule has 30 heavy (non-hydrogen) atoms. The average Bonchev–Trinajstić information content (AvgIpc) is 3.24. The number of halogens is 1. The van der Waals surface area contributed by atoms with Gasteiger partial charge in [0.1, 0.15) is 0 Å². The van der Waals surface area contributed by atoms with Gasteiger partial charge in [-0.3, -0.25) is 14.5 Å². The lowest BCUT2D eigenvalue weighted by atomic mass is 10.2. The van der Waals surface area contributed by atoms with Crippen molar-refractivity contribution in [2.75, 3.05) is 4.90 Å². The van der Waals surface area contributed by atoms with Crippen molar-refractivity contribution in [3.8, 4) is 0 Å². The van der Waals surface area contributed by atoms with Gasteiger partial charge in [0.25, 0.3) is 5.91 Å². The first kappa shape index (κ1) is 20.5.